The van der Waals surface area contributed by atoms with Crippen molar-refractivity contribution in [3.8, 4) is 0 Å². The lowest BCUT2D eigenvalue weighted by Gasteiger charge is -2.03. The first-order valence-corrected chi connectivity index (χ1v) is 3.90. The topological polar surface area (TPSA) is 150 Å². The molecule has 0 radical (unpaired) electrons. The van der Waals surface area contributed by atoms with Crippen LogP contribution in [0.4, 0.5) is 0 Å². The molecule has 0 aliphatic carbocycles. The molecule has 0 aromatic carbocycles. The molecule has 78 valence electrons. The van der Waals surface area contributed by atoms with E-state index in [0.29, 0.717) is 13.0 Å². The van der Waals surface area contributed by atoms with Gasteiger partial charge in [-0.15, -0.1) is 0 Å². The van der Waals surface area contributed by atoms with Gasteiger partial charge in [0, 0.05) is 11.5 Å². The van der Waals surface area contributed by atoms with Crippen molar-refractivity contribution in [1.82, 2.24) is 0 Å². The summed E-state index contributed by atoms with van der Waals surface area (Å²) in [4.78, 5) is 16.6. The van der Waals surface area contributed by atoms with Gasteiger partial charge in [0.2, 0.25) is 0 Å². The molecule has 0 saturated heterocycles. The van der Waals surface area contributed by atoms with E-state index >= 15 is 0 Å². The van der Waals surface area contributed by atoms with E-state index in [1.807, 2.05) is 0 Å². The molecule has 0 unspecified atom stereocenters. The van der Waals surface area contributed by atoms with E-state index in [1.54, 1.807) is 0 Å². The van der Waals surface area contributed by atoms with Crippen LogP contribution < -0.4 is 11.5 Å². The molecule has 0 aliphatic rings. The second-order valence-corrected chi connectivity index (χ2v) is 2.51. The Morgan fingerprint density at radius 2 is 2.21 bits per heavy atom. The van der Waals surface area contributed by atoms with Crippen molar-refractivity contribution in [3.63, 3.8) is 0 Å². The number of aliphatic imine (C=N–C) groups is 1. The smallest absolute Gasteiger partial charge is 0.312 e. The molecule has 0 aliphatic heterocycles. The van der Waals surface area contributed by atoms with Crippen LogP contribution in [0.3, 0.4) is 0 Å². The molecule has 0 amide bonds. The minimum atomic E-state index is -1.15. The van der Waals surface area contributed by atoms with Gasteiger partial charge in [0.05, 0.1) is 0 Å². The number of azide groups is 1. The highest BCUT2D eigenvalue weighted by atomic mass is 16.4. The van der Waals surface area contributed by atoms with E-state index < -0.39 is 12.0 Å². The van der Waals surface area contributed by atoms with E-state index in [0.717, 1.165) is 0 Å². The van der Waals surface area contributed by atoms with Crippen LogP contribution in [0, 0.1) is 0 Å². The number of carboxylic acids is 1. The molecule has 0 saturated carbocycles. The summed E-state index contributed by atoms with van der Waals surface area (Å²) in [7, 11) is 0. The minimum absolute atomic E-state index is 0.0411. The number of aliphatic carboxylic acids is 1. The molecule has 8 nitrogen and oxygen atoms in total. The predicted molar refractivity (Wildman–Crippen MR) is 50.5 cm³/mol. The first-order chi connectivity index (χ1) is 6.57. The number of carboxylic acid groups (broad SMARTS) is 1. The van der Waals surface area contributed by atoms with Gasteiger partial charge in [-0.3, -0.25) is 9.79 Å². The monoisotopic (exact) mass is 200 g/mol. The maximum Gasteiger partial charge on any atom is 0.312 e. The predicted octanol–water partition coefficient (Wildman–Crippen LogP) is -0.196. The third-order valence-electron chi connectivity index (χ3n) is 1.41. The Morgan fingerprint density at radius 1 is 1.57 bits per heavy atom. The van der Waals surface area contributed by atoms with Gasteiger partial charge in [-0.05, 0) is 18.4 Å². The second kappa shape index (κ2) is 6.55. The standard InChI is InChI=1S/C6H12N6O2/c7-6(8)10-3-1-2-4(5(13)14)11-12-9/h4H,1-3H2,(H,13,14)(H4,7,8,10)/t4-/m0/s1. The van der Waals surface area contributed by atoms with Gasteiger partial charge in [-0.1, -0.05) is 5.11 Å². The SMILES string of the molecule is [N-]=[N+]=N[C@@H](CCCN=C(N)N)C(=O)O. The summed E-state index contributed by atoms with van der Waals surface area (Å²) < 4.78 is 0. The highest BCUT2D eigenvalue weighted by molar-refractivity contribution is 5.75. The number of nitrogens with two attached hydrogens (primary N) is 2. The van der Waals surface area contributed by atoms with Crippen LogP contribution in [0.5, 0.6) is 0 Å². The van der Waals surface area contributed by atoms with E-state index in [-0.39, 0.29) is 12.4 Å². The molecule has 0 rings (SSSR count). The summed E-state index contributed by atoms with van der Waals surface area (Å²) in [6.07, 6.45) is 0.671. The van der Waals surface area contributed by atoms with E-state index in [9.17, 15) is 4.79 Å². The fourth-order valence-electron chi connectivity index (χ4n) is 0.786. The van der Waals surface area contributed by atoms with Crippen molar-refractivity contribution < 1.29 is 9.90 Å². The summed E-state index contributed by atoms with van der Waals surface area (Å²) in [5.41, 5.74) is 18.2. The van der Waals surface area contributed by atoms with Crippen molar-refractivity contribution in [3.05, 3.63) is 10.4 Å². The molecule has 1 atom stereocenters. The minimum Gasteiger partial charge on any atom is -0.481 e. The lowest BCUT2D eigenvalue weighted by atomic mass is 10.2. The number of hydrogen-bond acceptors (Lipinski definition) is 3. The average molecular weight is 200 g/mol. The largest absolute Gasteiger partial charge is 0.481 e. The lowest BCUT2D eigenvalue weighted by Crippen LogP contribution is -2.23. The van der Waals surface area contributed by atoms with Crippen LogP contribution in [0.25, 0.3) is 10.4 Å². The molecule has 0 aromatic rings. The third kappa shape index (κ3) is 5.67. The Bertz CT molecular complexity index is 263. The first-order valence-electron chi connectivity index (χ1n) is 3.90. The number of hydrogen-bond donors (Lipinski definition) is 3. The summed E-state index contributed by atoms with van der Waals surface area (Å²) in [5, 5.41) is 11.7. The lowest BCUT2D eigenvalue weighted by molar-refractivity contribution is -0.138. The van der Waals surface area contributed by atoms with Crippen LogP contribution >= 0.6 is 0 Å². The van der Waals surface area contributed by atoms with Gasteiger partial charge in [0.25, 0.3) is 0 Å². The fourth-order valence-corrected chi connectivity index (χ4v) is 0.786. The Kier molecular flexibility index (Phi) is 5.64. The summed E-state index contributed by atoms with van der Waals surface area (Å²) in [6, 6.07) is -1.05. The molecular weight excluding hydrogens is 188 g/mol. The normalized spacial score (nSPS) is 11.1. The number of nitrogens with zero attached hydrogens (tertiary/aromatic N) is 4. The van der Waals surface area contributed by atoms with Crippen molar-refractivity contribution in [2.75, 3.05) is 6.54 Å². The van der Waals surface area contributed by atoms with Crippen molar-refractivity contribution in [1.29, 1.82) is 0 Å². The molecule has 0 fully saturated rings. The Hall–Kier alpha value is -1.95. The molecule has 8 heteroatoms. The quantitative estimate of drug-likeness (QED) is 0.136. The second-order valence-electron chi connectivity index (χ2n) is 2.51. The molecule has 5 N–H and O–H groups in total. The van der Waals surface area contributed by atoms with Crippen LogP contribution in [-0.2, 0) is 4.79 Å². The van der Waals surface area contributed by atoms with Crippen molar-refractivity contribution in [2.45, 2.75) is 18.9 Å². The maximum absolute atomic E-state index is 10.5. The fraction of sp³-hybridized carbons (Fsp3) is 0.667. The number of carbonyl (C=O) groups is 1. The number of rotatable bonds is 6. The zero-order chi connectivity index (χ0) is 11.0. The summed E-state index contributed by atoms with van der Waals surface area (Å²) in [5.74, 6) is -1.19. The van der Waals surface area contributed by atoms with E-state index in [1.165, 1.54) is 0 Å². The highest BCUT2D eigenvalue weighted by Crippen LogP contribution is 2.02. The van der Waals surface area contributed by atoms with Gasteiger partial charge in [-0.25, -0.2) is 0 Å². The first kappa shape index (κ1) is 12.0. The van der Waals surface area contributed by atoms with Crippen molar-refractivity contribution >= 4 is 11.9 Å². The van der Waals surface area contributed by atoms with Gasteiger partial charge >= 0.3 is 5.97 Å². The van der Waals surface area contributed by atoms with Crippen molar-refractivity contribution in [2.24, 2.45) is 21.6 Å². The van der Waals surface area contributed by atoms with Gasteiger partial charge in [-0.2, -0.15) is 0 Å². The third-order valence-corrected chi connectivity index (χ3v) is 1.41. The Balaban J connectivity index is 3.89. The highest BCUT2D eigenvalue weighted by Gasteiger charge is 2.13. The zero-order valence-corrected chi connectivity index (χ0v) is 7.50. The zero-order valence-electron chi connectivity index (χ0n) is 7.50. The van der Waals surface area contributed by atoms with E-state index in [2.05, 4.69) is 15.0 Å². The Morgan fingerprint density at radius 3 is 2.64 bits per heavy atom. The molecule has 0 spiro atoms. The van der Waals surface area contributed by atoms with Gasteiger partial charge in [0.1, 0.15) is 6.04 Å². The Labute approximate surface area is 80.2 Å². The average Bonchev–Trinajstić information content (AvgIpc) is 2.09. The van der Waals surface area contributed by atoms with E-state index in [4.69, 9.17) is 22.1 Å². The van der Waals surface area contributed by atoms with Crippen LogP contribution in [-0.4, -0.2) is 29.6 Å². The molecule has 14 heavy (non-hydrogen) atoms. The number of guanidine groups is 1. The molecular formula is C6H12N6O2. The van der Waals surface area contributed by atoms with Gasteiger partial charge in [0.15, 0.2) is 5.96 Å². The van der Waals surface area contributed by atoms with Gasteiger partial charge < -0.3 is 16.6 Å². The van der Waals surface area contributed by atoms with Crippen LogP contribution in [0.15, 0.2) is 10.1 Å². The van der Waals surface area contributed by atoms with Crippen LogP contribution in [0.2, 0.25) is 0 Å². The molecule has 0 heterocycles. The summed E-state index contributed by atoms with van der Waals surface area (Å²) >= 11 is 0. The summed E-state index contributed by atoms with van der Waals surface area (Å²) in [6.45, 7) is 0.326. The molecule has 0 aromatic heterocycles. The van der Waals surface area contributed by atoms with Crippen LogP contribution in [0.1, 0.15) is 12.8 Å². The maximum atomic E-state index is 10.5. The molecule has 0 bridgehead atoms.